The zero-order valence-electron chi connectivity index (χ0n) is 79.2. The van der Waals surface area contributed by atoms with Crippen LogP contribution in [-0.4, -0.2) is 86.1 Å². The minimum atomic E-state index is -1.79. The van der Waals surface area contributed by atoms with E-state index in [1.54, 1.807) is 0 Å². The van der Waals surface area contributed by atoms with Crippen LogP contribution in [0.5, 0.6) is 23.0 Å². The quantitative estimate of drug-likeness (QED) is 0.0240. The fraction of sp³-hybridized carbons (Fsp3) is 0.810. The summed E-state index contributed by atoms with van der Waals surface area (Å²) in [7, 11) is -7.14. The number of aryl methyl sites for hydroxylation is 1. The number of benzene rings is 3. The largest absolute Gasteiger partial charge is 0.499 e. The summed E-state index contributed by atoms with van der Waals surface area (Å²) in [6.07, 6.45) is 44.5. The molecule has 1 radical (unpaired) electrons. The molecule has 0 saturated heterocycles. The molecule has 13 heteroatoms. The minimum Gasteiger partial charge on any atom is -0.499 e. The Balaban J connectivity index is 0.0000433. The molecular formula is C100H185O8Si4Y-. The van der Waals surface area contributed by atoms with Crippen molar-refractivity contribution < 1.29 is 69.4 Å². The van der Waals surface area contributed by atoms with Crippen LogP contribution >= 0.6 is 0 Å². The first-order chi connectivity index (χ1) is 53.5. The Morgan fingerprint density at radius 1 is 0.221 bits per heavy atom. The van der Waals surface area contributed by atoms with Crippen LogP contribution in [0, 0.1) is 12.8 Å². The van der Waals surface area contributed by atoms with E-state index in [9.17, 15) is 0 Å². The van der Waals surface area contributed by atoms with E-state index in [-0.39, 0.29) is 32.7 Å². The van der Waals surface area contributed by atoms with Crippen LogP contribution in [0.4, 0.5) is 0 Å². The van der Waals surface area contributed by atoms with Gasteiger partial charge in [-0.1, -0.05) is 430 Å². The fourth-order valence-corrected chi connectivity index (χ4v) is 42.6. The summed E-state index contributed by atoms with van der Waals surface area (Å²) in [4.78, 5) is 0. The number of ether oxygens (including phenoxy) is 4. The van der Waals surface area contributed by atoms with Crippen molar-refractivity contribution in [3.05, 3.63) is 88.8 Å². The van der Waals surface area contributed by atoms with Gasteiger partial charge < -0.3 is 36.7 Å². The molecule has 3 rings (SSSR count). The van der Waals surface area contributed by atoms with Gasteiger partial charge in [0.1, 0.15) is 0 Å². The van der Waals surface area contributed by atoms with Crippen molar-refractivity contribution in [2.24, 2.45) is 0 Å². The Bertz CT molecular complexity index is 2400. The molecule has 0 aliphatic rings. The van der Waals surface area contributed by atoms with Gasteiger partial charge in [0.25, 0.3) is 0 Å². The van der Waals surface area contributed by atoms with E-state index in [0.717, 1.165) is 92.2 Å². The maximum Gasteiger partial charge on any atom is 0.200 e. The van der Waals surface area contributed by atoms with Gasteiger partial charge in [0.15, 0.2) is 33.3 Å². The van der Waals surface area contributed by atoms with Crippen LogP contribution in [-0.2, 0) is 50.4 Å². The molecule has 3 aromatic carbocycles. The molecule has 0 fully saturated rings. The average molecular weight is 1720 g/mol. The maximum atomic E-state index is 6.88. The van der Waals surface area contributed by atoms with Crippen LogP contribution in [0.1, 0.15) is 420 Å². The summed E-state index contributed by atoms with van der Waals surface area (Å²) >= 11 is 0. The van der Waals surface area contributed by atoms with Crippen LogP contribution in [0.2, 0.25) is 66.5 Å². The van der Waals surface area contributed by atoms with Crippen molar-refractivity contribution in [3.63, 3.8) is 0 Å². The third-order valence-corrected chi connectivity index (χ3v) is 50.7. The van der Waals surface area contributed by atoms with Gasteiger partial charge in [0.05, 0.1) is 49.4 Å². The van der Waals surface area contributed by atoms with Gasteiger partial charge in [-0.05, 0) is 118 Å². The summed E-state index contributed by atoms with van der Waals surface area (Å²) in [6.45, 7) is 66.3. The molecule has 0 saturated carbocycles. The molecule has 0 aliphatic heterocycles. The second-order valence-corrected chi connectivity index (χ2v) is 60.2. The zero-order chi connectivity index (χ0) is 83.0. The summed E-state index contributed by atoms with van der Waals surface area (Å²) in [5.74, 6) is 4.62. The first-order valence-corrected chi connectivity index (χ1v) is 56.4. The van der Waals surface area contributed by atoms with E-state index in [4.69, 9.17) is 36.7 Å². The van der Waals surface area contributed by atoms with Crippen molar-refractivity contribution in [1.82, 2.24) is 0 Å². The topological polar surface area (TPSA) is 73.8 Å². The van der Waals surface area contributed by atoms with Crippen LogP contribution < -0.4 is 18.9 Å². The van der Waals surface area contributed by atoms with E-state index in [1.807, 2.05) is 0 Å². The van der Waals surface area contributed by atoms with Crippen molar-refractivity contribution in [3.8, 4) is 23.0 Å². The minimum absolute atomic E-state index is 0. The maximum absolute atomic E-state index is 6.88. The van der Waals surface area contributed by atoms with Gasteiger partial charge in [-0.15, -0.1) is 0 Å². The Kier molecular flexibility index (Phi) is 58.0. The molecule has 0 amide bonds. The van der Waals surface area contributed by atoms with Gasteiger partial charge in [-0.2, -0.15) is 0 Å². The molecule has 0 unspecified atom stereocenters. The Hall–Kier alpha value is -1.46. The molecule has 8 nitrogen and oxygen atoms in total. The number of rotatable bonds is 71. The molecule has 0 atom stereocenters. The molecule has 653 valence electrons. The van der Waals surface area contributed by atoms with Crippen molar-refractivity contribution >= 4 is 33.3 Å². The van der Waals surface area contributed by atoms with Crippen LogP contribution in [0.15, 0.2) is 60.7 Å². The third-order valence-electron chi connectivity index (χ3n) is 26.2. The molecule has 0 heterocycles. The van der Waals surface area contributed by atoms with E-state index in [0.29, 0.717) is 92.9 Å². The van der Waals surface area contributed by atoms with E-state index >= 15 is 0 Å². The van der Waals surface area contributed by atoms with E-state index in [2.05, 4.69) is 234 Å². The van der Waals surface area contributed by atoms with Crippen LogP contribution in [0.3, 0.4) is 0 Å². The zero-order valence-corrected chi connectivity index (χ0v) is 86.0. The average Bonchev–Trinajstić information content (AvgIpc) is 0.775. The standard InChI is InChI=1S/C100H185O8Si4.Y/c1-80(2)109(81(3)4,82(5)6)105-70-60-50-42-34-26-30-38-46-56-66-101-95-74-93(75-96(78-95)102-67-57-47-39-31-27-35-43-51-61-71-106-110(83(7)8,84(9)10)85(11)12)100(99-65-55-54-64-92(99)25)94-76-97(103-68-58-48-40-32-28-36-44-52-62-72-107-111(86(13)14,87(15)16)88(17)18)79-98(77-94)104-69-59-49-41-33-29-37-45-53-63-73-108-112(89(19)20,90(21)22)91(23)24;/h54-55,64-65,74-91H,26-53,56-63,66-73H2,1-25H3;/q-1;. The van der Waals surface area contributed by atoms with Gasteiger partial charge in [0.2, 0.25) is 0 Å². The Morgan fingerprint density at radius 3 is 0.549 bits per heavy atom. The van der Waals surface area contributed by atoms with Gasteiger partial charge in [-0.25, -0.2) is 0 Å². The summed E-state index contributed by atoms with van der Waals surface area (Å²) < 4.78 is 54.9. The third kappa shape index (κ3) is 37.8. The normalized spacial score (nSPS) is 12.8. The summed E-state index contributed by atoms with van der Waals surface area (Å²) in [6, 6.07) is 22.3. The molecule has 3 aromatic rings. The van der Waals surface area contributed by atoms with Gasteiger partial charge in [-0.3, -0.25) is 0 Å². The first-order valence-electron chi connectivity index (χ1n) is 47.8. The van der Waals surface area contributed by atoms with Crippen LogP contribution in [0.25, 0.3) is 0 Å². The summed E-state index contributed by atoms with van der Waals surface area (Å²) in [5.41, 5.74) is 12.3. The smallest absolute Gasteiger partial charge is 0.200 e. The fourth-order valence-electron chi connectivity index (χ4n) is 20.6. The molecular weight excluding hydrogens is 1530 g/mol. The molecule has 0 N–H and O–H groups in total. The Labute approximate surface area is 732 Å². The monoisotopic (exact) mass is 1720 g/mol. The van der Waals surface area contributed by atoms with Crippen molar-refractivity contribution in [1.29, 1.82) is 0 Å². The number of hydrogen-bond donors (Lipinski definition) is 0. The van der Waals surface area contributed by atoms with Gasteiger partial charge >= 0.3 is 0 Å². The second kappa shape index (κ2) is 60.9. The van der Waals surface area contributed by atoms with E-state index in [1.165, 1.54) is 217 Å². The molecule has 113 heavy (non-hydrogen) atoms. The van der Waals surface area contributed by atoms with Crippen molar-refractivity contribution in [2.75, 3.05) is 52.9 Å². The SMILES string of the molecule is Cc1ccccc1[C-](c1cc(OCCCCCCCCCCCO[Si](C(C)C)(C(C)C)C(C)C)cc(OCCCCCCCCCCCO[Si](C(C)C)(C(C)C)C(C)C)c1)c1cc(OCCCCCCCCCCCO[Si](C(C)C)(C(C)C)C(C)C)cc(OCCCCCCCCCCCO[Si](C(C)C)(C(C)C)C(C)C)c1.[Y]. The molecule has 0 aliphatic carbocycles. The molecule has 0 aromatic heterocycles. The first kappa shape index (κ1) is 108. The van der Waals surface area contributed by atoms with Crippen molar-refractivity contribution in [2.45, 2.75) is 471 Å². The second-order valence-electron chi connectivity index (χ2n) is 38.4. The number of unbranched alkanes of at least 4 members (excludes halogenated alkanes) is 32. The Morgan fingerprint density at radius 2 is 0.381 bits per heavy atom. The number of hydrogen-bond acceptors (Lipinski definition) is 8. The molecule has 0 spiro atoms. The molecule has 0 bridgehead atoms. The summed E-state index contributed by atoms with van der Waals surface area (Å²) in [5, 5.41) is 0. The predicted molar refractivity (Wildman–Crippen MR) is 501 cm³/mol. The predicted octanol–water partition coefficient (Wildman–Crippen LogP) is 33.3. The van der Waals surface area contributed by atoms with E-state index < -0.39 is 33.3 Å². The van der Waals surface area contributed by atoms with Gasteiger partial charge in [0, 0.05) is 71.3 Å².